The highest BCUT2D eigenvalue weighted by Gasteiger charge is 1.88. The molecular weight excluding hydrogens is 164 g/mol. The molecule has 1 heteroatoms. The molecule has 0 aromatic heterocycles. The fourth-order valence-electron chi connectivity index (χ4n) is 0.920. The van der Waals surface area contributed by atoms with Gasteiger partial charge in [0.25, 0.3) is 0 Å². The summed E-state index contributed by atoms with van der Waals surface area (Å²) in [5, 5.41) is 0. The Kier molecular flexibility index (Phi) is 8.80. The van der Waals surface area contributed by atoms with Crippen molar-refractivity contribution in [2.24, 2.45) is 0 Å². The molecular formula is C11H20S. The Morgan fingerprint density at radius 1 is 1.33 bits per heavy atom. The van der Waals surface area contributed by atoms with E-state index in [0.717, 1.165) is 0 Å². The number of thioether (sulfide) groups is 1. The van der Waals surface area contributed by atoms with Crippen molar-refractivity contribution in [2.45, 2.75) is 33.1 Å². The van der Waals surface area contributed by atoms with Crippen molar-refractivity contribution in [2.75, 3.05) is 12.0 Å². The van der Waals surface area contributed by atoms with Crippen molar-refractivity contribution in [3.05, 3.63) is 23.8 Å². The van der Waals surface area contributed by atoms with E-state index in [1.165, 1.54) is 30.6 Å². The van der Waals surface area contributed by atoms with E-state index in [1.54, 1.807) is 0 Å². The quantitative estimate of drug-likeness (QED) is 0.561. The van der Waals surface area contributed by atoms with Gasteiger partial charge >= 0.3 is 0 Å². The molecule has 0 spiro atoms. The summed E-state index contributed by atoms with van der Waals surface area (Å²) < 4.78 is 0. The molecule has 0 saturated heterocycles. The third kappa shape index (κ3) is 6.53. The first-order valence-corrected chi connectivity index (χ1v) is 6.08. The zero-order valence-electron chi connectivity index (χ0n) is 8.47. The molecule has 0 bridgehead atoms. The molecule has 70 valence electrons. The van der Waals surface area contributed by atoms with Crippen LogP contribution < -0.4 is 0 Å². The van der Waals surface area contributed by atoms with Crippen molar-refractivity contribution in [3.63, 3.8) is 0 Å². The minimum atomic E-state index is 1.17. The number of allylic oxidation sites excluding steroid dienone is 3. The molecule has 0 aliphatic carbocycles. The molecule has 0 aromatic carbocycles. The van der Waals surface area contributed by atoms with Crippen LogP contribution in [-0.4, -0.2) is 12.0 Å². The fourth-order valence-corrected chi connectivity index (χ4v) is 1.59. The lowest BCUT2D eigenvalue weighted by atomic mass is 10.2. The molecule has 0 amide bonds. The lowest BCUT2D eigenvalue weighted by molar-refractivity contribution is 0.958. The standard InChI is InChI=1S/C11H20S/c1-4-6-7-8-9-11(5-2)10-12-3/h7-9H,4-6,10H2,1-3H3/b8-7-,11-9-. The highest BCUT2D eigenvalue weighted by atomic mass is 32.2. The van der Waals surface area contributed by atoms with Crippen molar-refractivity contribution < 1.29 is 0 Å². The van der Waals surface area contributed by atoms with Gasteiger partial charge in [0.1, 0.15) is 0 Å². The van der Waals surface area contributed by atoms with Gasteiger partial charge < -0.3 is 0 Å². The van der Waals surface area contributed by atoms with Crippen LogP contribution in [0.25, 0.3) is 0 Å². The summed E-state index contributed by atoms with van der Waals surface area (Å²) in [4.78, 5) is 0. The summed E-state index contributed by atoms with van der Waals surface area (Å²) in [6.45, 7) is 4.42. The van der Waals surface area contributed by atoms with E-state index in [4.69, 9.17) is 0 Å². The van der Waals surface area contributed by atoms with Crippen molar-refractivity contribution in [1.82, 2.24) is 0 Å². The molecule has 0 fully saturated rings. The predicted molar refractivity (Wildman–Crippen MR) is 60.8 cm³/mol. The van der Waals surface area contributed by atoms with Gasteiger partial charge in [-0.1, -0.05) is 44.1 Å². The van der Waals surface area contributed by atoms with Gasteiger partial charge in [-0.05, 0) is 19.1 Å². The maximum atomic E-state index is 2.26. The Hall–Kier alpha value is -0.170. The molecule has 0 unspecified atom stereocenters. The zero-order valence-corrected chi connectivity index (χ0v) is 9.29. The van der Waals surface area contributed by atoms with E-state index in [0.29, 0.717) is 0 Å². The fraction of sp³-hybridized carbons (Fsp3) is 0.636. The second-order valence-corrected chi connectivity index (χ2v) is 3.69. The molecule has 0 aliphatic rings. The summed E-state index contributed by atoms with van der Waals surface area (Å²) in [5.41, 5.74) is 1.54. The molecule has 0 aliphatic heterocycles. The van der Waals surface area contributed by atoms with Gasteiger partial charge in [-0.2, -0.15) is 11.8 Å². The molecule has 0 aromatic rings. The first-order valence-electron chi connectivity index (χ1n) is 4.68. The Bertz CT molecular complexity index is 145. The first-order chi connectivity index (χ1) is 5.85. The summed E-state index contributed by atoms with van der Waals surface area (Å²) in [5.74, 6) is 1.17. The topological polar surface area (TPSA) is 0 Å². The molecule has 0 N–H and O–H groups in total. The minimum Gasteiger partial charge on any atom is -0.161 e. The molecule has 0 atom stereocenters. The number of rotatable bonds is 6. The van der Waals surface area contributed by atoms with Crippen molar-refractivity contribution in [3.8, 4) is 0 Å². The maximum absolute atomic E-state index is 2.26. The van der Waals surface area contributed by atoms with E-state index in [2.05, 4.69) is 38.3 Å². The maximum Gasteiger partial charge on any atom is 0.0143 e. The van der Waals surface area contributed by atoms with Crippen LogP contribution >= 0.6 is 11.8 Å². The van der Waals surface area contributed by atoms with Crippen LogP contribution in [0, 0.1) is 0 Å². The van der Waals surface area contributed by atoms with Crippen LogP contribution in [0.2, 0.25) is 0 Å². The molecule has 0 radical (unpaired) electrons. The summed E-state index contributed by atoms with van der Waals surface area (Å²) in [6.07, 6.45) is 12.5. The number of unbranched alkanes of at least 4 members (excludes halogenated alkanes) is 1. The molecule has 0 saturated carbocycles. The van der Waals surface area contributed by atoms with Crippen LogP contribution in [0.1, 0.15) is 33.1 Å². The second kappa shape index (κ2) is 8.92. The summed E-state index contributed by atoms with van der Waals surface area (Å²) >= 11 is 1.90. The minimum absolute atomic E-state index is 1.17. The molecule has 0 rings (SSSR count). The number of hydrogen-bond donors (Lipinski definition) is 0. The van der Waals surface area contributed by atoms with Gasteiger partial charge in [0.15, 0.2) is 0 Å². The molecule has 12 heavy (non-hydrogen) atoms. The van der Waals surface area contributed by atoms with Gasteiger partial charge in [0.2, 0.25) is 0 Å². The van der Waals surface area contributed by atoms with Gasteiger partial charge in [0, 0.05) is 5.75 Å². The van der Waals surface area contributed by atoms with E-state index >= 15 is 0 Å². The van der Waals surface area contributed by atoms with Crippen LogP contribution in [0.5, 0.6) is 0 Å². The monoisotopic (exact) mass is 184 g/mol. The van der Waals surface area contributed by atoms with Crippen molar-refractivity contribution >= 4 is 11.8 Å². The Morgan fingerprint density at radius 2 is 2.08 bits per heavy atom. The highest BCUT2D eigenvalue weighted by molar-refractivity contribution is 7.98. The number of hydrogen-bond acceptors (Lipinski definition) is 1. The van der Waals surface area contributed by atoms with Crippen LogP contribution in [0.3, 0.4) is 0 Å². The van der Waals surface area contributed by atoms with Crippen LogP contribution in [-0.2, 0) is 0 Å². The average molecular weight is 184 g/mol. The second-order valence-electron chi connectivity index (χ2n) is 2.83. The van der Waals surface area contributed by atoms with E-state index in [-0.39, 0.29) is 0 Å². The van der Waals surface area contributed by atoms with Gasteiger partial charge in [-0.25, -0.2) is 0 Å². The van der Waals surface area contributed by atoms with Crippen molar-refractivity contribution in [1.29, 1.82) is 0 Å². The van der Waals surface area contributed by atoms with Gasteiger partial charge in [-0.3, -0.25) is 0 Å². The van der Waals surface area contributed by atoms with Gasteiger partial charge in [0.05, 0.1) is 0 Å². The zero-order chi connectivity index (χ0) is 9.23. The van der Waals surface area contributed by atoms with Gasteiger partial charge in [-0.15, -0.1) is 0 Å². The first kappa shape index (κ1) is 11.8. The third-order valence-corrected chi connectivity index (χ3v) is 2.37. The lowest BCUT2D eigenvalue weighted by Crippen LogP contribution is -1.82. The SMILES string of the molecule is CCC/C=C\C=C(\CC)CSC. The Labute approximate surface area is 81.1 Å². The highest BCUT2D eigenvalue weighted by Crippen LogP contribution is 2.08. The molecule has 0 heterocycles. The average Bonchev–Trinajstić information content (AvgIpc) is 2.10. The van der Waals surface area contributed by atoms with E-state index in [1.807, 2.05) is 11.8 Å². The summed E-state index contributed by atoms with van der Waals surface area (Å²) in [6, 6.07) is 0. The Balaban J connectivity index is 3.75. The normalized spacial score (nSPS) is 12.8. The van der Waals surface area contributed by atoms with E-state index in [9.17, 15) is 0 Å². The largest absolute Gasteiger partial charge is 0.161 e. The predicted octanol–water partition coefficient (Wildman–Crippen LogP) is 4.04. The Morgan fingerprint density at radius 3 is 2.58 bits per heavy atom. The van der Waals surface area contributed by atoms with Crippen LogP contribution in [0.15, 0.2) is 23.8 Å². The summed E-state index contributed by atoms with van der Waals surface area (Å²) in [7, 11) is 0. The molecule has 0 nitrogen and oxygen atoms in total. The lowest BCUT2D eigenvalue weighted by Gasteiger charge is -1.98. The van der Waals surface area contributed by atoms with Crippen LogP contribution in [0.4, 0.5) is 0 Å². The van der Waals surface area contributed by atoms with E-state index < -0.39 is 0 Å². The smallest absolute Gasteiger partial charge is 0.0143 e. The third-order valence-electron chi connectivity index (χ3n) is 1.71.